The lowest BCUT2D eigenvalue weighted by Crippen LogP contribution is -2.32. The Morgan fingerprint density at radius 3 is 2.91 bits per heavy atom. The van der Waals surface area contributed by atoms with Crippen molar-refractivity contribution in [1.82, 2.24) is 19.5 Å². The van der Waals surface area contributed by atoms with Crippen LogP contribution >= 0.6 is 0 Å². The number of hydrogen-bond acceptors (Lipinski definition) is 8. The van der Waals surface area contributed by atoms with Crippen LogP contribution in [0.1, 0.15) is 44.1 Å². The van der Waals surface area contributed by atoms with Crippen LogP contribution < -0.4 is 4.74 Å². The third-order valence-corrected chi connectivity index (χ3v) is 6.30. The maximum atomic E-state index is 6.33. The van der Waals surface area contributed by atoms with Crippen LogP contribution in [0.4, 0.5) is 5.95 Å². The molecule has 2 fully saturated rings. The van der Waals surface area contributed by atoms with Gasteiger partial charge in [-0.2, -0.15) is 9.97 Å². The molecule has 3 heterocycles. The topological polar surface area (TPSA) is 83.7 Å². The summed E-state index contributed by atoms with van der Waals surface area (Å²) in [6.07, 6.45) is 4.12. The summed E-state index contributed by atoms with van der Waals surface area (Å²) < 4.78 is 24.0. The summed E-state index contributed by atoms with van der Waals surface area (Å²) in [5.74, 6) is 0.726. The molecule has 1 aromatic carbocycles. The number of fused-ring (bicyclic) bond motifs is 2. The third kappa shape index (κ3) is 3.80. The number of hydrogen-bond donors (Lipinski definition) is 0. The third-order valence-electron chi connectivity index (χ3n) is 6.14. The number of nitrogens with zero attached hydrogens (tertiary/aromatic N) is 5. The van der Waals surface area contributed by atoms with Crippen LogP contribution in [0.2, 0.25) is 0 Å². The fraction of sp³-hybridized carbons (Fsp3) is 0.435. The molecule has 0 amide bonds. The molecule has 2 aliphatic rings. The van der Waals surface area contributed by atoms with E-state index in [0.717, 1.165) is 30.4 Å². The first kappa shape index (κ1) is 21.1. The van der Waals surface area contributed by atoms with E-state index in [0.29, 0.717) is 30.3 Å². The molecule has 8 nitrogen and oxygen atoms in total. The van der Waals surface area contributed by atoms with Gasteiger partial charge in [-0.15, -0.1) is 4.36 Å². The molecular formula is C23H25N5O3S. The van der Waals surface area contributed by atoms with Crippen LogP contribution in [0.15, 0.2) is 53.2 Å². The Balaban J connectivity index is 1.42. The Labute approximate surface area is 191 Å². The van der Waals surface area contributed by atoms with Gasteiger partial charge in [-0.05, 0) is 18.4 Å². The summed E-state index contributed by atoms with van der Waals surface area (Å²) >= 11 is 4.86. The summed E-state index contributed by atoms with van der Waals surface area (Å²) in [4.78, 5) is 13.4. The van der Waals surface area contributed by atoms with Gasteiger partial charge in [0.25, 0.3) is 5.95 Å². The van der Waals surface area contributed by atoms with Gasteiger partial charge in [0.05, 0.1) is 31.7 Å². The Hall–Kier alpha value is -2.75. The van der Waals surface area contributed by atoms with Gasteiger partial charge in [-0.1, -0.05) is 50.3 Å². The predicted octanol–water partition coefficient (Wildman–Crippen LogP) is 4.60. The standard InChI is InChI=1S/C23H25N5O3S/c1-3-4-10-29-21-19-20(25-23(26-21)27-32)28(13-24-19)17-11-18-16(14(17)2)12-30-22(31-18)15-8-6-5-7-9-15/h5-9,13,16-18,22H,2-4,10-12H2,1H3/t16-,17-,18-,22?/m0/s1. The van der Waals surface area contributed by atoms with Gasteiger partial charge in [0.2, 0.25) is 5.88 Å². The molecular weight excluding hydrogens is 426 g/mol. The highest BCUT2D eigenvalue weighted by molar-refractivity contribution is 7.47. The van der Waals surface area contributed by atoms with E-state index in [1.165, 1.54) is 0 Å². The van der Waals surface area contributed by atoms with Crippen LogP contribution in [0.25, 0.3) is 11.2 Å². The van der Waals surface area contributed by atoms with E-state index in [1.807, 2.05) is 34.9 Å². The first-order valence-electron chi connectivity index (χ1n) is 10.9. The number of ether oxygens (including phenoxy) is 3. The first-order chi connectivity index (χ1) is 15.7. The number of unbranched alkanes of at least 4 members (excludes halogenated alkanes) is 1. The Morgan fingerprint density at radius 2 is 2.12 bits per heavy atom. The first-order valence-corrected chi connectivity index (χ1v) is 11.3. The second-order valence-corrected chi connectivity index (χ2v) is 8.31. The molecule has 3 aromatic rings. The zero-order valence-corrected chi connectivity index (χ0v) is 18.7. The molecule has 32 heavy (non-hydrogen) atoms. The number of rotatable bonds is 7. The van der Waals surface area contributed by atoms with Crippen molar-refractivity contribution >= 4 is 29.5 Å². The van der Waals surface area contributed by atoms with E-state index in [4.69, 9.17) is 26.6 Å². The van der Waals surface area contributed by atoms with Gasteiger partial charge in [-0.25, -0.2) is 4.98 Å². The van der Waals surface area contributed by atoms with E-state index < -0.39 is 0 Å². The molecule has 0 spiro atoms. The molecule has 0 bridgehead atoms. The van der Waals surface area contributed by atoms with Crippen LogP contribution in [0.3, 0.4) is 0 Å². The van der Waals surface area contributed by atoms with Crippen molar-refractivity contribution in [2.24, 2.45) is 10.3 Å². The van der Waals surface area contributed by atoms with Crippen LogP contribution in [0, 0.1) is 5.92 Å². The van der Waals surface area contributed by atoms with E-state index in [-0.39, 0.29) is 30.3 Å². The van der Waals surface area contributed by atoms with Crippen molar-refractivity contribution < 1.29 is 14.2 Å². The molecule has 1 unspecified atom stereocenters. The number of benzene rings is 1. The Bertz CT molecular complexity index is 1140. The molecule has 5 rings (SSSR count). The molecule has 2 aromatic heterocycles. The van der Waals surface area contributed by atoms with E-state index >= 15 is 0 Å². The lowest BCUT2D eigenvalue weighted by Gasteiger charge is -2.33. The molecule has 1 saturated carbocycles. The number of aromatic nitrogens is 4. The average molecular weight is 452 g/mol. The second kappa shape index (κ2) is 9.01. The fourth-order valence-electron chi connectivity index (χ4n) is 4.42. The minimum Gasteiger partial charge on any atom is -0.476 e. The van der Waals surface area contributed by atoms with Crippen molar-refractivity contribution in [2.45, 2.75) is 44.6 Å². The zero-order valence-electron chi connectivity index (χ0n) is 17.9. The van der Waals surface area contributed by atoms with Gasteiger partial charge in [0.15, 0.2) is 17.5 Å². The van der Waals surface area contributed by atoms with Gasteiger partial charge in [-0.3, -0.25) is 0 Å². The summed E-state index contributed by atoms with van der Waals surface area (Å²) in [6.45, 7) is 7.61. The van der Waals surface area contributed by atoms with E-state index in [2.05, 4.69) is 32.8 Å². The highest BCUT2D eigenvalue weighted by Gasteiger charge is 2.44. The lowest BCUT2D eigenvalue weighted by atomic mass is 10.0. The molecule has 0 radical (unpaired) electrons. The minimum absolute atomic E-state index is 0.00845. The van der Waals surface area contributed by atoms with Crippen molar-refractivity contribution in [1.29, 1.82) is 0 Å². The molecule has 1 saturated heterocycles. The maximum absolute atomic E-state index is 6.33. The van der Waals surface area contributed by atoms with Crippen molar-refractivity contribution in [3.63, 3.8) is 0 Å². The van der Waals surface area contributed by atoms with Crippen LogP contribution in [-0.4, -0.2) is 38.8 Å². The van der Waals surface area contributed by atoms with E-state index in [1.54, 1.807) is 6.33 Å². The smallest absolute Gasteiger partial charge is 0.266 e. The minimum atomic E-state index is -0.366. The predicted molar refractivity (Wildman–Crippen MR) is 121 cm³/mol. The van der Waals surface area contributed by atoms with Crippen LogP contribution in [-0.2, 0) is 21.9 Å². The van der Waals surface area contributed by atoms with E-state index in [9.17, 15) is 0 Å². The fourth-order valence-corrected chi connectivity index (χ4v) is 4.50. The Morgan fingerprint density at radius 1 is 1.28 bits per heavy atom. The molecule has 1 aliphatic carbocycles. The SMILES string of the molecule is C=C1[C@@H]2COC(c3ccccc3)O[C@H]2C[C@@H]1n1cnc2c(OCCCC)nc(N=S)nc21. The summed E-state index contributed by atoms with van der Waals surface area (Å²) in [5.41, 5.74) is 3.31. The van der Waals surface area contributed by atoms with Gasteiger partial charge < -0.3 is 18.8 Å². The normalized spacial score (nSPS) is 25.1. The molecule has 1 aliphatic heterocycles. The zero-order chi connectivity index (χ0) is 22.1. The maximum Gasteiger partial charge on any atom is 0.266 e. The van der Waals surface area contributed by atoms with Gasteiger partial charge >= 0.3 is 0 Å². The summed E-state index contributed by atoms with van der Waals surface area (Å²) in [6, 6.07) is 9.98. The molecule has 4 atom stereocenters. The monoisotopic (exact) mass is 451 g/mol. The molecule has 0 N–H and O–H groups in total. The van der Waals surface area contributed by atoms with Crippen LogP contribution in [0.5, 0.6) is 5.88 Å². The highest BCUT2D eigenvalue weighted by atomic mass is 32.1. The largest absolute Gasteiger partial charge is 0.476 e. The van der Waals surface area contributed by atoms with Crippen molar-refractivity contribution in [3.8, 4) is 5.88 Å². The molecule has 9 heteroatoms. The lowest BCUT2D eigenvalue weighted by molar-refractivity contribution is -0.229. The number of imidazole rings is 1. The van der Waals surface area contributed by atoms with Crippen molar-refractivity contribution in [2.75, 3.05) is 13.2 Å². The van der Waals surface area contributed by atoms with Gasteiger partial charge in [0.1, 0.15) is 0 Å². The quantitative estimate of drug-likeness (QED) is 0.383. The summed E-state index contributed by atoms with van der Waals surface area (Å²) in [5, 5.41) is 0. The highest BCUT2D eigenvalue weighted by Crippen LogP contribution is 2.46. The molecule has 166 valence electrons. The van der Waals surface area contributed by atoms with Gasteiger partial charge in [0, 0.05) is 23.9 Å². The van der Waals surface area contributed by atoms with Crippen molar-refractivity contribution in [3.05, 3.63) is 54.4 Å². The average Bonchev–Trinajstić information content (AvgIpc) is 3.40. The Kier molecular flexibility index (Phi) is 5.95. The second-order valence-electron chi connectivity index (χ2n) is 8.13. The summed E-state index contributed by atoms with van der Waals surface area (Å²) in [7, 11) is 0.